The Hall–Kier alpha value is -1.59. The van der Waals surface area contributed by atoms with Gasteiger partial charge >= 0.3 is 0 Å². The van der Waals surface area contributed by atoms with E-state index in [1.807, 2.05) is 0 Å². The molecule has 2 rings (SSSR count). The largest absolute Gasteiger partial charge is 0.399 e. The second-order valence-electron chi connectivity index (χ2n) is 4.98. The fourth-order valence-electron chi connectivity index (χ4n) is 2.12. The Bertz CT molecular complexity index is 414. The first-order chi connectivity index (χ1) is 9.74. The van der Waals surface area contributed by atoms with E-state index in [1.165, 1.54) is 0 Å². The minimum atomic E-state index is -0.00418. The number of nitrogens with two attached hydrogens (primary N) is 1. The van der Waals surface area contributed by atoms with Gasteiger partial charge in [0.1, 0.15) is 0 Å². The van der Waals surface area contributed by atoms with Crippen molar-refractivity contribution < 1.29 is 14.3 Å². The van der Waals surface area contributed by atoms with Crippen LogP contribution in [0.4, 0.5) is 11.4 Å². The van der Waals surface area contributed by atoms with Gasteiger partial charge in [-0.2, -0.15) is 0 Å². The molecule has 1 aromatic rings. The summed E-state index contributed by atoms with van der Waals surface area (Å²) in [6, 6.07) is 7.11. The van der Waals surface area contributed by atoms with Crippen LogP contribution < -0.4 is 11.1 Å². The Morgan fingerprint density at radius 3 is 2.90 bits per heavy atom. The average molecular weight is 278 g/mol. The Kier molecular flexibility index (Phi) is 5.83. The lowest BCUT2D eigenvalue weighted by Gasteiger charge is -2.10. The molecule has 0 aliphatic carbocycles. The van der Waals surface area contributed by atoms with Crippen molar-refractivity contribution in [3.8, 4) is 0 Å². The average Bonchev–Trinajstić information content (AvgIpc) is 2.94. The van der Waals surface area contributed by atoms with Crippen LogP contribution in [0.15, 0.2) is 24.3 Å². The Morgan fingerprint density at radius 2 is 2.20 bits per heavy atom. The molecule has 110 valence electrons. The number of hydrogen-bond acceptors (Lipinski definition) is 4. The van der Waals surface area contributed by atoms with E-state index in [2.05, 4.69) is 5.32 Å². The molecule has 0 radical (unpaired) electrons. The molecular weight excluding hydrogens is 256 g/mol. The third-order valence-corrected chi connectivity index (χ3v) is 3.21. The van der Waals surface area contributed by atoms with Crippen molar-refractivity contribution in [3.63, 3.8) is 0 Å². The summed E-state index contributed by atoms with van der Waals surface area (Å²) < 4.78 is 11.0. The molecule has 5 nitrogen and oxygen atoms in total. The van der Waals surface area contributed by atoms with Crippen LogP contribution in [0.3, 0.4) is 0 Å². The van der Waals surface area contributed by atoms with Gasteiger partial charge in [0.2, 0.25) is 5.91 Å². The first-order valence-corrected chi connectivity index (χ1v) is 7.09. The number of hydrogen-bond donors (Lipinski definition) is 2. The highest BCUT2D eigenvalue weighted by Gasteiger charge is 2.15. The van der Waals surface area contributed by atoms with Gasteiger partial charge in [0.15, 0.2) is 0 Å². The molecule has 1 aliphatic rings. The summed E-state index contributed by atoms with van der Waals surface area (Å²) in [6.07, 6.45) is 3.62. The number of carbonyl (C=O) groups excluding carboxylic acids is 1. The lowest BCUT2D eigenvalue weighted by atomic mass is 10.2. The van der Waals surface area contributed by atoms with Crippen molar-refractivity contribution >= 4 is 17.3 Å². The van der Waals surface area contributed by atoms with Gasteiger partial charge in [0, 0.05) is 31.0 Å². The molecule has 1 fully saturated rings. The first kappa shape index (κ1) is 14.8. The number of nitrogen functional groups attached to an aromatic ring is 1. The molecule has 0 bridgehead atoms. The van der Waals surface area contributed by atoms with Crippen molar-refractivity contribution in [1.82, 2.24) is 0 Å². The van der Waals surface area contributed by atoms with E-state index in [-0.39, 0.29) is 12.0 Å². The predicted octanol–water partition coefficient (Wildman–Crippen LogP) is 2.18. The smallest absolute Gasteiger partial charge is 0.224 e. The Morgan fingerprint density at radius 1 is 1.40 bits per heavy atom. The van der Waals surface area contributed by atoms with Gasteiger partial charge in [-0.3, -0.25) is 4.79 Å². The highest BCUT2D eigenvalue weighted by atomic mass is 16.5. The molecule has 1 saturated heterocycles. The lowest BCUT2D eigenvalue weighted by molar-refractivity contribution is -0.116. The zero-order valence-electron chi connectivity index (χ0n) is 11.6. The third-order valence-electron chi connectivity index (χ3n) is 3.21. The van der Waals surface area contributed by atoms with Crippen LogP contribution in [0.2, 0.25) is 0 Å². The minimum Gasteiger partial charge on any atom is -0.399 e. The molecular formula is C15H22N2O3. The van der Waals surface area contributed by atoms with Crippen molar-refractivity contribution in [3.05, 3.63) is 24.3 Å². The summed E-state index contributed by atoms with van der Waals surface area (Å²) in [5.74, 6) is -0.00418. The van der Waals surface area contributed by atoms with Gasteiger partial charge in [-0.15, -0.1) is 0 Å². The highest BCUT2D eigenvalue weighted by molar-refractivity contribution is 5.90. The summed E-state index contributed by atoms with van der Waals surface area (Å²) in [6.45, 7) is 2.08. The molecule has 1 aromatic carbocycles. The third kappa shape index (κ3) is 5.19. The van der Waals surface area contributed by atoms with Crippen LogP contribution >= 0.6 is 0 Å². The van der Waals surface area contributed by atoms with Gasteiger partial charge < -0.3 is 20.5 Å². The second kappa shape index (κ2) is 7.87. The molecule has 0 aromatic heterocycles. The molecule has 1 aliphatic heterocycles. The number of carbonyl (C=O) groups is 1. The topological polar surface area (TPSA) is 73.6 Å². The molecule has 0 saturated carbocycles. The Labute approximate surface area is 119 Å². The molecule has 20 heavy (non-hydrogen) atoms. The Balaban J connectivity index is 1.54. The highest BCUT2D eigenvalue weighted by Crippen LogP contribution is 2.13. The monoisotopic (exact) mass is 278 g/mol. The van der Waals surface area contributed by atoms with Crippen LogP contribution in [-0.4, -0.2) is 31.8 Å². The quantitative estimate of drug-likeness (QED) is 0.592. The maximum Gasteiger partial charge on any atom is 0.224 e. The zero-order chi connectivity index (χ0) is 14.2. The predicted molar refractivity (Wildman–Crippen MR) is 78.5 cm³/mol. The molecule has 1 heterocycles. The van der Waals surface area contributed by atoms with E-state index in [9.17, 15) is 4.79 Å². The van der Waals surface area contributed by atoms with Gasteiger partial charge in [-0.1, -0.05) is 0 Å². The van der Waals surface area contributed by atoms with E-state index in [0.717, 1.165) is 25.1 Å². The van der Waals surface area contributed by atoms with E-state index in [1.54, 1.807) is 24.3 Å². The number of nitrogens with one attached hydrogen (secondary N) is 1. The van der Waals surface area contributed by atoms with Crippen molar-refractivity contribution in [2.75, 3.05) is 30.9 Å². The SMILES string of the molecule is Nc1ccc(NC(=O)CCCOCC2CCCO2)cc1. The maximum atomic E-state index is 11.7. The second-order valence-corrected chi connectivity index (χ2v) is 4.98. The van der Waals surface area contributed by atoms with E-state index in [0.29, 0.717) is 31.7 Å². The van der Waals surface area contributed by atoms with Crippen LogP contribution in [0.1, 0.15) is 25.7 Å². The zero-order valence-corrected chi connectivity index (χ0v) is 11.6. The maximum absolute atomic E-state index is 11.7. The summed E-state index contributed by atoms with van der Waals surface area (Å²) >= 11 is 0. The minimum absolute atomic E-state index is 0.00418. The van der Waals surface area contributed by atoms with Crippen LogP contribution in [-0.2, 0) is 14.3 Å². The number of ether oxygens (including phenoxy) is 2. The first-order valence-electron chi connectivity index (χ1n) is 7.09. The van der Waals surface area contributed by atoms with Crippen LogP contribution in [0, 0.1) is 0 Å². The van der Waals surface area contributed by atoms with Gasteiger partial charge in [-0.05, 0) is 43.5 Å². The van der Waals surface area contributed by atoms with Crippen molar-refractivity contribution in [1.29, 1.82) is 0 Å². The summed E-state index contributed by atoms with van der Waals surface area (Å²) in [5, 5.41) is 2.83. The van der Waals surface area contributed by atoms with E-state index >= 15 is 0 Å². The van der Waals surface area contributed by atoms with Gasteiger partial charge in [-0.25, -0.2) is 0 Å². The molecule has 3 N–H and O–H groups in total. The number of rotatable bonds is 7. The van der Waals surface area contributed by atoms with Crippen molar-refractivity contribution in [2.45, 2.75) is 31.8 Å². The standard InChI is InChI=1S/C15H22N2O3/c16-12-5-7-13(8-6-12)17-15(18)4-2-9-19-11-14-3-1-10-20-14/h5-8,14H,1-4,9-11,16H2,(H,17,18). The molecule has 1 unspecified atom stereocenters. The van der Waals surface area contributed by atoms with Crippen molar-refractivity contribution in [2.24, 2.45) is 0 Å². The van der Waals surface area contributed by atoms with E-state index < -0.39 is 0 Å². The van der Waals surface area contributed by atoms with Crippen LogP contribution in [0.25, 0.3) is 0 Å². The van der Waals surface area contributed by atoms with Gasteiger partial charge in [0.05, 0.1) is 12.7 Å². The molecule has 1 amide bonds. The summed E-state index contributed by atoms with van der Waals surface area (Å²) in [7, 11) is 0. The number of amides is 1. The van der Waals surface area contributed by atoms with E-state index in [4.69, 9.17) is 15.2 Å². The van der Waals surface area contributed by atoms with Gasteiger partial charge in [0.25, 0.3) is 0 Å². The lowest BCUT2D eigenvalue weighted by Crippen LogP contribution is -2.16. The molecule has 1 atom stereocenters. The molecule has 0 spiro atoms. The summed E-state index contributed by atoms with van der Waals surface area (Å²) in [5.41, 5.74) is 7.04. The molecule has 5 heteroatoms. The fourth-order valence-corrected chi connectivity index (χ4v) is 2.12. The fraction of sp³-hybridized carbons (Fsp3) is 0.533. The summed E-state index contributed by atoms with van der Waals surface area (Å²) in [4.78, 5) is 11.7. The number of benzene rings is 1. The van der Waals surface area contributed by atoms with Crippen LogP contribution in [0.5, 0.6) is 0 Å². The number of anilines is 2. The normalized spacial score (nSPS) is 18.1.